The summed E-state index contributed by atoms with van der Waals surface area (Å²) in [5, 5.41) is 0.666. The Morgan fingerprint density at radius 3 is 2.17 bits per heavy atom. The number of hydrogen-bond acceptors (Lipinski definition) is 10. The number of furan rings is 1. The summed E-state index contributed by atoms with van der Waals surface area (Å²) in [5.41, 5.74) is 1.24. The standard InChI is InChI=1S/C37H30O10/c1-5-43-23-14-17-27-26(19-23)32(34(46-27)21-10-8-7-9-11-21)36(39)45-24-13-15-25-29(20-24)47-35(37(40)44-6-2)31(33(25)38)22-12-16-28(41-3)30(18-22)42-4/h7-20H,5-6H2,1-4H3. The third-order valence-corrected chi connectivity index (χ3v) is 7.42. The molecule has 47 heavy (non-hydrogen) atoms. The van der Waals surface area contributed by atoms with Crippen LogP contribution in [0.15, 0.2) is 98.6 Å². The first-order chi connectivity index (χ1) is 22.9. The Bertz CT molecular complexity index is 2180. The van der Waals surface area contributed by atoms with Crippen LogP contribution in [-0.4, -0.2) is 39.4 Å². The number of benzene rings is 4. The number of ether oxygens (including phenoxy) is 5. The van der Waals surface area contributed by atoms with Crippen molar-refractivity contribution in [1.82, 2.24) is 0 Å². The van der Waals surface area contributed by atoms with Crippen molar-refractivity contribution in [3.8, 4) is 45.4 Å². The molecule has 0 N–H and O–H groups in total. The van der Waals surface area contributed by atoms with Gasteiger partial charge in [0.25, 0.3) is 0 Å². The maximum atomic E-state index is 13.9. The second-order valence-electron chi connectivity index (χ2n) is 10.2. The molecule has 0 atom stereocenters. The number of hydrogen-bond donors (Lipinski definition) is 0. The van der Waals surface area contributed by atoms with Gasteiger partial charge in [-0.3, -0.25) is 4.79 Å². The number of methoxy groups -OCH3 is 2. The normalized spacial score (nSPS) is 11.0. The molecule has 2 heterocycles. The summed E-state index contributed by atoms with van der Waals surface area (Å²) in [5.74, 6) is -0.0671. The molecule has 0 bridgehead atoms. The van der Waals surface area contributed by atoms with E-state index in [1.807, 2.05) is 37.3 Å². The van der Waals surface area contributed by atoms with Crippen molar-refractivity contribution in [2.24, 2.45) is 0 Å². The molecule has 10 nitrogen and oxygen atoms in total. The van der Waals surface area contributed by atoms with Crippen LogP contribution in [0.2, 0.25) is 0 Å². The molecule has 6 aromatic rings. The van der Waals surface area contributed by atoms with E-state index in [9.17, 15) is 14.4 Å². The van der Waals surface area contributed by atoms with Crippen LogP contribution in [0.25, 0.3) is 44.4 Å². The lowest BCUT2D eigenvalue weighted by molar-refractivity contribution is 0.0491. The summed E-state index contributed by atoms with van der Waals surface area (Å²) in [6.45, 7) is 4.01. The Hall–Kier alpha value is -6.03. The smallest absolute Gasteiger partial charge is 0.375 e. The van der Waals surface area contributed by atoms with Crippen molar-refractivity contribution in [3.05, 3.63) is 106 Å². The van der Waals surface area contributed by atoms with Crippen LogP contribution in [-0.2, 0) is 4.74 Å². The lowest BCUT2D eigenvalue weighted by atomic mass is 10.0. The Kier molecular flexibility index (Phi) is 8.66. The monoisotopic (exact) mass is 634 g/mol. The summed E-state index contributed by atoms with van der Waals surface area (Å²) in [7, 11) is 2.96. The average Bonchev–Trinajstić information content (AvgIpc) is 3.47. The zero-order valence-corrected chi connectivity index (χ0v) is 26.1. The molecule has 0 radical (unpaired) electrons. The van der Waals surface area contributed by atoms with Gasteiger partial charge in [-0.25, -0.2) is 9.59 Å². The molecule has 0 aliphatic rings. The first-order valence-corrected chi connectivity index (χ1v) is 14.8. The third-order valence-electron chi connectivity index (χ3n) is 7.42. The van der Waals surface area contributed by atoms with E-state index in [2.05, 4.69) is 0 Å². The molecule has 4 aromatic carbocycles. The molecule has 2 aromatic heterocycles. The number of fused-ring (bicyclic) bond motifs is 2. The van der Waals surface area contributed by atoms with Crippen molar-refractivity contribution in [2.45, 2.75) is 13.8 Å². The Morgan fingerprint density at radius 2 is 1.45 bits per heavy atom. The molecule has 0 saturated carbocycles. The van der Waals surface area contributed by atoms with Crippen LogP contribution in [0.5, 0.6) is 23.0 Å². The Balaban J connectivity index is 1.45. The number of rotatable bonds is 10. The molecule has 0 amide bonds. The van der Waals surface area contributed by atoms with Crippen LogP contribution in [0.4, 0.5) is 0 Å². The van der Waals surface area contributed by atoms with E-state index in [4.69, 9.17) is 32.5 Å². The van der Waals surface area contributed by atoms with Gasteiger partial charge in [-0.2, -0.15) is 0 Å². The van der Waals surface area contributed by atoms with E-state index in [1.165, 1.54) is 32.4 Å². The Labute approximate surface area is 269 Å². The van der Waals surface area contributed by atoms with Crippen molar-refractivity contribution in [1.29, 1.82) is 0 Å². The SMILES string of the molecule is CCOC(=O)c1oc2cc(OC(=O)c3c(-c4ccccc4)oc4ccc(OCC)cc34)ccc2c(=O)c1-c1ccc(OC)c(OC)c1. The van der Waals surface area contributed by atoms with E-state index >= 15 is 0 Å². The molecular formula is C37H30O10. The molecule has 10 heteroatoms. The van der Waals surface area contributed by atoms with Crippen molar-refractivity contribution in [2.75, 3.05) is 27.4 Å². The quantitative estimate of drug-likeness (QED) is 0.109. The highest BCUT2D eigenvalue weighted by molar-refractivity contribution is 6.10. The van der Waals surface area contributed by atoms with E-state index in [-0.39, 0.29) is 40.2 Å². The molecule has 0 fully saturated rings. The number of carbonyl (C=O) groups excluding carboxylic acids is 2. The van der Waals surface area contributed by atoms with Gasteiger partial charge in [0.1, 0.15) is 34.0 Å². The van der Waals surface area contributed by atoms with E-state index in [0.29, 0.717) is 51.7 Å². The highest BCUT2D eigenvalue weighted by Gasteiger charge is 2.27. The minimum absolute atomic E-state index is 0.0101. The number of carbonyl (C=O) groups is 2. The topological polar surface area (TPSA) is 124 Å². The Morgan fingerprint density at radius 1 is 0.681 bits per heavy atom. The fourth-order valence-electron chi connectivity index (χ4n) is 5.32. The summed E-state index contributed by atoms with van der Waals surface area (Å²) in [6, 6.07) is 23.6. The highest BCUT2D eigenvalue weighted by atomic mass is 16.5. The van der Waals surface area contributed by atoms with E-state index in [1.54, 1.807) is 43.3 Å². The first-order valence-electron chi connectivity index (χ1n) is 14.8. The minimum Gasteiger partial charge on any atom is -0.494 e. The highest BCUT2D eigenvalue weighted by Crippen LogP contribution is 2.37. The number of esters is 2. The second kappa shape index (κ2) is 13.1. The predicted molar refractivity (Wildman–Crippen MR) is 175 cm³/mol. The van der Waals surface area contributed by atoms with Gasteiger partial charge in [0.05, 0.1) is 38.4 Å². The largest absolute Gasteiger partial charge is 0.494 e. The van der Waals surface area contributed by atoms with Gasteiger partial charge in [-0.1, -0.05) is 36.4 Å². The van der Waals surface area contributed by atoms with Crippen LogP contribution >= 0.6 is 0 Å². The van der Waals surface area contributed by atoms with Crippen LogP contribution in [0.1, 0.15) is 34.8 Å². The van der Waals surface area contributed by atoms with Crippen LogP contribution in [0.3, 0.4) is 0 Å². The molecule has 238 valence electrons. The van der Waals surface area contributed by atoms with Gasteiger partial charge < -0.3 is 32.5 Å². The summed E-state index contributed by atoms with van der Waals surface area (Å²) < 4.78 is 39.6. The van der Waals surface area contributed by atoms with Gasteiger partial charge in [-0.15, -0.1) is 0 Å². The molecule has 6 rings (SSSR count). The maximum absolute atomic E-state index is 13.9. The van der Waals surface area contributed by atoms with Crippen LogP contribution in [0, 0.1) is 0 Å². The molecular weight excluding hydrogens is 604 g/mol. The summed E-state index contributed by atoms with van der Waals surface area (Å²) in [4.78, 5) is 40.8. The lowest BCUT2D eigenvalue weighted by Crippen LogP contribution is -2.15. The van der Waals surface area contributed by atoms with Gasteiger partial charge in [0, 0.05) is 17.0 Å². The molecule has 0 aliphatic carbocycles. The molecule has 0 spiro atoms. The summed E-state index contributed by atoms with van der Waals surface area (Å²) >= 11 is 0. The maximum Gasteiger partial charge on any atom is 0.375 e. The summed E-state index contributed by atoms with van der Waals surface area (Å²) in [6.07, 6.45) is 0. The van der Waals surface area contributed by atoms with Gasteiger partial charge in [-0.05, 0) is 61.9 Å². The molecule has 0 aliphatic heterocycles. The second-order valence-corrected chi connectivity index (χ2v) is 10.2. The van der Waals surface area contributed by atoms with Gasteiger partial charge in [0.2, 0.25) is 11.2 Å². The lowest BCUT2D eigenvalue weighted by Gasteiger charge is -2.13. The molecule has 0 unspecified atom stereocenters. The van der Waals surface area contributed by atoms with Crippen molar-refractivity contribution in [3.63, 3.8) is 0 Å². The van der Waals surface area contributed by atoms with Crippen molar-refractivity contribution < 1.29 is 42.1 Å². The van der Waals surface area contributed by atoms with Crippen molar-refractivity contribution >= 4 is 33.9 Å². The zero-order valence-electron chi connectivity index (χ0n) is 26.1. The minimum atomic E-state index is -0.832. The fraction of sp³-hybridized carbons (Fsp3) is 0.162. The predicted octanol–water partition coefficient (Wildman–Crippen LogP) is 7.69. The van der Waals surface area contributed by atoms with E-state index in [0.717, 1.165) is 0 Å². The first kappa shape index (κ1) is 31.0. The third kappa shape index (κ3) is 5.88. The van der Waals surface area contributed by atoms with E-state index < -0.39 is 17.4 Å². The fourth-order valence-corrected chi connectivity index (χ4v) is 5.32. The van der Waals surface area contributed by atoms with Gasteiger partial charge in [0.15, 0.2) is 11.5 Å². The zero-order chi connectivity index (χ0) is 33.1. The average molecular weight is 635 g/mol. The van der Waals surface area contributed by atoms with Gasteiger partial charge >= 0.3 is 11.9 Å². The van der Waals surface area contributed by atoms with Crippen LogP contribution < -0.4 is 24.4 Å². The molecule has 0 saturated heterocycles.